The fourth-order valence-corrected chi connectivity index (χ4v) is 13.3. The van der Waals surface area contributed by atoms with Crippen molar-refractivity contribution in [1.82, 2.24) is 50.8 Å². The maximum absolute atomic E-state index is 14.8. The third kappa shape index (κ3) is 14.8. The van der Waals surface area contributed by atoms with Gasteiger partial charge >= 0.3 is 13.3 Å². The molecular weight excluding hydrogens is 1210 g/mol. The summed E-state index contributed by atoms with van der Waals surface area (Å²) in [4.78, 5) is 166. The Hall–Kier alpha value is -7.76. The van der Waals surface area contributed by atoms with Gasteiger partial charge in [0.1, 0.15) is 36.0 Å². The summed E-state index contributed by atoms with van der Waals surface area (Å²) in [6, 6.07) is 5.42. The third-order valence-corrected chi connectivity index (χ3v) is 18.8. The monoisotopic (exact) mass is 1280 g/mol. The number of anilines is 1. The van der Waals surface area contributed by atoms with E-state index in [1.54, 1.807) is 4.90 Å². The number of pyridine rings is 1. The lowest BCUT2D eigenvalue weighted by Gasteiger charge is -2.39. The molecule has 4 fully saturated rings. The Labute approximate surface area is 512 Å². The molecule has 10 amide bonds. The Morgan fingerprint density at radius 2 is 1.56 bits per heavy atom. The van der Waals surface area contributed by atoms with Gasteiger partial charge in [0, 0.05) is 94.1 Å². The minimum absolute atomic E-state index is 0.00170. The minimum atomic E-state index is -5.94. The Balaban J connectivity index is 0.879. The molecule has 89 heavy (non-hydrogen) atoms. The molecule has 0 bridgehead atoms. The second kappa shape index (κ2) is 26.7. The molecule has 9 N–H and O–H groups in total. The normalized spacial score (nSPS) is 21.2. The van der Waals surface area contributed by atoms with Crippen molar-refractivity contribution in [1.29, 1.82) is 0 Å². The molecule has 478 valence electrons. The number of amides is 10. The Morgan fingerprint density at radius 3 is 2.22 bits per heavy atom. The number of carbonyl (C=O) groups excluding carboxylic acids is 10. The number of piperazine rings is 1. The number of nitrogens with one attached hydrogen (secondary N) is 5. The van der Waals surface area contributed by atoms with Crippen LogP contribution in [0.4, 0.5) is 23.4 Å². The summed E-state index contributed by atoms with van der Waals surface area (Å²) in [6.45, 7) is 6.76. The van der Waals surface area contributed by atoms with E-state index in [-0.39, 0.29) is 108 Å². The first-order valence-electron chi connectivity index (χ1n) is 29.0. The summed E-state index contributed by atoms with van der Waals surface area (Å²) in [5.74, 6) is -7.20. The quantitative estimate of drug-likeness (QED) is 0.0337. The molecule has 2 aromatic carbocycles. The highest BCUT2D eigenvalue weighted by Gasteiger charge is 2.51. The van der Waals surface area contributed by atoms with E-state index in [0.29, 0.717) is 25.2 Å². The zero-order valence-electron chi connectivity index (χ0n) is 48.8. The maximum atomic E-state index is 14.8. The number of nitrogens with zero attached hydrogens (tertiary/aromatic N) is 6. The number of hydrogen-bond donors (Lipinski definition) is 8. The van der Waals surface area contributed by atoms with Crippen molar-refractivity contribution in [3.63, 3.8) is 0 Å². The lowest BCUT2D eigenvalue weighted by Crippen LogP contribution is -2.62. The van der Waals surface area contributed by atoms with E-state index in [0.717, 1.165) is 40.0 Å². The van der Waals surface area contributed by atoms with Gasteiger partial charge < -0.3 is 46.6 Å². The molecule has 31 heteroatoms. The molecular formula is C58H69F4N12O13PS. The number of aromatic nitrogens is 1. The van der Waals surface area contributed by atoms with Crippen LogP contribution in [0.3, 0.4) is 0 Å². The van der Waals surface area contributed by atoms with Gasteiger partial charge in [-0.1, -0.05) is 51.1 Å². The van der Waals surface area contributed by atoms with Gasteiger partial charge in [0.25, 0.3) is 24.1 Å². The number of alkyl halides is 4. The highest BCUT2D eigenvalue weighted by Crippen LogP contribution is 2.59. The summed E-state index contributed by atoms with van der Waals surface area (Å²) in [6.07, 6.45) is -1.86. The molecule has 4 saturated heterocycles. The molecule has 0 saturated carbocycles. The predicted octanol–water partition coefficient (Wildman–Crippen LogP) is 2.38. The first kappa shape index (κ1) is 65.7. The van der Waals surface area contributed by atoms with Gasteiger partial charge in [-0.25, -0.2) is 13.8 Å². The van der Waals surface area contributed by atoms with Crippen LogP contribution >= 0.6 is 18.9 Å². The number of piperidine rings is 1. The molecule has 9 rings (SSSR count). The lowest BCUT2D eigenvalue weighted by atomic mass is 9.86. The number of primary amides is 1. The van der Waals surface area contributed by atoms with Crippen molar-refractivity contribution in [2.24, 2.45) is 5.73 Å². The van der Waals surface area contributed by atoms with Gasteiger partial charge in [-0.2, -0.15) is 8.78 Å². The van der Waals surface area contributed by atoms with Crippen molar-refractivity contribution < 1.29 is 79.9 Å². The van der Waals surface area contributed by atoms with Crippen LogP contribution < -0.4 is 32.3 Å². The topological polar surface area (TPSA) is 343 Å². The smallest absolute Gasteiger partial charge is 0.370 e. The highest BCUT2D eigenvalue weighted by atomic mass is 32.1. The molecule has 4 aromatic rings. The summed E-state index contributed by atoms with van der Waals surface area (Å²) in [5.41, 5.74) is 1.55. The number of benzene rings is 2. The van der Waals surface area contributed by atoms with Crippen molar-refractivity contribution >= 4 is 93.9 Å². The minimum Gasteiger partial charge on any atom is -0.370 e. The summed E-state index contributed by atoms with van der Waals surface area (Å²) in [5, 5.41) is 13.4. The van der Waals surface area contributed by atoms with Crippen LogP contribution in [0.5, 0.6) is 0 Å². The summed E-state index contributed by atoms with van der Waals surface area (Å²) in [7, 11) is -5.94. The third-order valence-electron chi connectivity index (χ3n) is 16.7. The van der Waals surface area contributed by atoms with E-state index in [1.165, 1.54) is 28.1 Å². The molecule has 25 nitrogen and oxygen atoms in total. The fourth-order valence-electron chi connectivity index (χ4n) is 11.9. The average Bonchev–Trinajstić information content (AvgIpc) is 1.72. The molecule has 0 spiro atoms. The van der Waals surface area contributed by atoms with E-state index < -0.39 is 140 Å². The number of halogens is 4. The number of nitrogens with two attached hydrogens (primary N) is 1. The zero-order valence-corrected chi connectivity index (χ0v) is 50.6. The van der Waals surface area contributed by atoms with Crippen LogP contribution in [0.25, 0.3) is 10.1 Å². The SMILES string of the molecule is CC(C)(C)c1ccc(CC(NC(=O)C(CCC(N)=O)NC(=O)[C@@H]2CC[C@@H]3CCN(CC(F)F)C[C@H](NC(=O)c4cc5cc(C(F)(F)P(=O)(O)O)ccc5s4)C(=O)N32)C(=O)N2CCN(CCNc3nccc4c3C(=O)N(C3CCC(=O)NC3=O)C4=O)CC2)cc1. The molecule has 3 unspecified atom stereocenters. The summed E-state index contributed by atoms with van der Waals surface area (Å²) >= 11 is 0.803. The van der Waals surface area contributed by atoms with Crippen molar-refractivity contribution in [3.8, 4) is 0 Å². The second-order valence-corrected chi connectivity index (χ2v) is 26.5. The van der Waals surface area contributed by atoms with Crippen LogP contribution in [0.1, 0.15) is 113 Å². The molecule has 5 aliphatic rings. The molecule has 2 aromatic heterocycles. The van der Waals surface area contributed by atoms with Gasteiger partial charge in [-0.3, -0.25) is 72.5 Å². The number of hydrogen-bond acceptors (Lipinski definition) is 16. The van der Waals surface area contributed by atoms with Crippen molar-refractivity contribution in [2.45, 2.75) is 126 Å². The Kier molecular flexibility index (Phi) is 19.7. The number of rotatable bonds is 21. The lowest BCUT2D eigenvalue weighted by molar-refractivity contribution is -0.144. The Morgan fingerprint density at radius 1 is 0.854 bits per heavy atom. The van der Waals surface area contributed by atoms with Crippen molar-refractivity contribution in [3.05, 3.63) is 93.5 Å². The second-order valence-electron chi connectivity index (χ2n) is 23.8. The van der Waals surface area contributed by atoms with Crippen LogP contribution in [0, 0.1) is 0 Å². The first-order valence-corrected chi connectivity index (χ1v) is 31.5. The number of imide groups is 2. The number of fused-ring (bicyclic) bond motifs is 3. The van der Waals surface area contributed by atoms with E-state index >= 15 is 0 Å². The predicted molar refractivity (Wildman–Crippen MR) is 313 cm³/mol. The van der Waals surface area contributed by atoms with Gasteiger partial charge in [0.15, 0.2) is 0 Å². The van der Waals surface area contributed by atoms with Crippen LogP contribution in [0.2, 0.25) is 0 Å². The van der Waals surface area contributed by atoms with Crippen LogP contribution in [0.15, 0.2) is 60.8 Å². The molecule has 7 heterocycles. The van der Waals surface area contributed by atoms with Crippen LogP contribution in [-0.2, 0) is 55.6 Å². The van der Waals surface area contributed by atoms with Gasteiger partial charge in [0.2, 0.25) is 41.4 Å². The van der Waals surface area contributed by atoms with Gasteiger partial charge in [0.05, 0.1) is 22.5 Å². The maximum Gasteiger partial charge on any atom is 0.399 e. The van der Waals surface area contributed by atoms with E-state index in [4.69, 9.17) is 5.73 Å². The van der Waals surface area contributed by atoms with Gasteiger partial charge in [-0.15, -0.1) is 11.3 Å². The molecule has 0 radical (unpaired) electrons. The highest BCUT2D eigenvalue weighted by molar-refractivity contribution is 7.52. The standard InChI is InChI=1S/C58H69F4N12O13PS/c1-57(2,3)33-6-4-31(5-7-33)26-38(54(82)72-24-22-70(23-25-72)21-19-65-48-47-36(16-18-64-48)53(81)74(56(47)84)41-12-15-46(76)69-51(41)79)67-49(77)37(10-14-45(63)75)66-50(78)40-11-9-35-17-20-71(30-44(59)60)29-39(55(83)73(35)40)68-52(80)43-28-32-27-34(8-13-42(32)89-43)58(61,62)88(85,86)87/h4-8,13,16,18,27-28,35,37-41,44H,9-12,14-15,17,19-26,29-30H2,1-3H3,(H2,63,75)(H,64,65)(H,66,78)(H,67,77)(H,68,80)(H,69,76,79)(H2,85,86,87)/t35-,37?,38?,39+,40+,41?/m1/s1. The molecule has 6 atom stereocenters. The number of carbonyl (C=O) groups is 10. The molecule has 0 aliphatic carbocycles. The van der Waals surface area contributed by atoms with Crippen LogP contribution in [-0.4, -0.2) is 200 Å². The largest absolute Gasteiger partial charge is 0.399 e. The van der Waals surface area contributed by atoms with E-state index in [1.807, 2.05) is 49.9 Å². The van der Waals surface area contributed by atoms with E-state index in [2.05, 4.69) is 31.6 Å². The molecule has 5 aliphatic heterocycles. The average molecular weight is 1280 g/mol. The first-order chi connectivity index (χ1) is 42.0. The number of thiophene rings is 1. The van der Waals surface area contributed by atoms with E-state index in [9.17, 15) is 79.9 Å². The summed E-state index contributed by atoms with van der Waals surface area (Å²) < 4.78 is 69.0. The van der Waals surface area contributed by atoms with Crippen molar-refractivity contribution in [2.75, 3.05) is 64.2 Å². The van der Waals surface area contributed by atoms with Gasteiger partial charge in [-0.05, 0) is 78.3 Å². The fraction of sp³-hybridized carbons (Fsp3) is 0.500. The zero-order chi connectivity index (χ0) is 64.4. The Bertz CT molecular complexity index is 3500.